The highest BCUT2D eigenvalue weighted by atomic mass is 128. The van der Waals surface area contributed by atoms with Crippen LogP contribution in [0.3, 0.4) is 0 Å². The third kappa shape index (κ3) is 16.2. The Morgan fingerprint density at radius 2 is 1.21 bits per heavy atom. The summed E-state index contributed by atoms with van der Waals surface area (Å²) in [7, 11) is 1.38. The topological polar surface area (TPSA) is 38.3 Å². The smallest absolute Gasteiger partial charge is 0.339 e. The van der Waals surface area contributed by atoms with Gasteiger partial charge in [-0.05, 0) is 31.2 Å². The lowest BCUT2D eigenvalue weighted by Gasteiger charge is -2.10. The Balaban J connectivity index is -0.000000251. The van der Waals surface area contributed by atoms with Gasteiger partial charge in [0, 0.05) is 42.9 Å². The molecule has 0 saturated heterocycles. The average Bonchev–Trinajstić information content (AvgIpc) is 2.82. The van der Waals surface area contributed by atoms with Crippen LogP contribution in [0.1, 0.15) is 71.3 Å². The molecule has 0 fully saturated rings. The van der Waals surface area contributed by atoms with E-state index < -0.39 is 0 Å². The van der Waals surface area contributed by atoms with Gasteiger partial charge in [-0.25, -0.2) is 4.79 Å². The molecule has 2 rings (SSSR count). The van der Waals surface area contributed by atoms with Crippen molar-refractivity contribution in [1.29, 1.82) is 0 Å². The first-order chi connectivity index (χ1) is 13.7. The summed E-state index contributed by atoms with van der Waals surface area (Å²) in [6, 6.07) is 15.3. The molecule has 28 heavy (non-hydrogen) atoms. The molecule has 0 bridgehead atoms. The van der Waals surface area contributed by atoms with E-state index in [1.165, 1.54) is 12.7 Å². The molecule has 5 heteroatoms. The second-order valence-corrected chi connectivity index (χ2v) is 4.03. The summed E-state index contributed by atoms with van der Waals surface area (Å²) in [5.41, 5.74) is 3.41. The van der Waals surface area contributed by atoms with Crippen molar-refractivity contribution in [1.82, 2.24) is 0 Å². The van der Waals surface area contributed by atoms with E-state index in [1.807, 2.05) is 105 Å². The molecule has 2 aromatic carbocycles. The third-order valence-corrected chi connectivity index (χ3v) is 2.66. The molecule has 162 valence electrons. The van der Waals surface area contributed by atoms with Gasteiger partial charge >= 0.3 is 5.97 Å². The number of anilines is 2. The molecule has 0 radical (unpaired) electrons. The zero-order chi connectivity index (χ0) is 23.0. The zero-order valence-electron chi connectivity index (χ0n) is 19.2. The van der Waals surface area contributed by atoms with Gasteiger partial charge in [0.05, 0.1) is 18.4 Å². The summed E-state index contributed by atoms with van der Waals surface area (Å²) in [6.45, 7) is 18.0. The maximum absolute atomic E-state index is 11.6. The molecular weight excluding hydrogens is 576 g/mol. The van der Waals surface area contributed by atoms with E-state index in [9.17, 15) is 4.79 Å². The Bertz CT molecular complexity index is 559. The quantitative estimate of drug-likeness (QED) is 0.276. The van der Waals surface area contributed by atoms with Crippen molar-refractivity contribution in [3.05, 3.63) is 59.7 Å². The fraction of sp³-hybridized carbons (Fsp3) is 0.435. The lowest BCUT2D eigenvalue weighted by atomic mass is 10.1. The maximum Gasteiger partial charge on any atom is 0.339 e. The Kier molecular flexibility index (Phi) is 35.1. The minimum absolute atomic E-state index is 0.342. The lowest BCUT2D eigenvalue weighted by molar-refractivity contribution is 0.0602. The van der Waals surface area contributed by atoms with Crippen molar-refractivity contribution in [2.24, 2.45) is 0 Å². The molecule has 0 saturated carbocycles. The van der Waals surface area contributed by atoms with E-state index >= 15 is 0 Å². The van der Waals surface area contributed by atoms with Crippen LogP contribution in [0.15, 0.2) is 48.5 Å². The number of rotatable bonds is 3. The van der Waals surface area contributed by atoms with Gasteiger partial charge in [0.15, 0.2) is 0 Å². The summed E-state index contributed by atoms with van der Waals surface area (Å²) in [5.74, 6) is -0.342. The standard InChI is InChI=1S/C15H15NO2.4C2H6.I2/c1-11-7-9-12(10-8-11)16-14-6-4-3-5-13(14)15(17)18-2;5*1-2/h3-10,16H,1-2H3;4*1-2H3;. The van der Waals surface area contributed by atoms with Gasteiger partial charge in [0.2, 0.25) is 0 Å². The summed E-state index contributed by atoms with van der Waals surface area (Å²) >= 11 is 4.24. The summed E-state index contributed by atoms with van der Waals surface area (Å²) in [5, 5.41) is 3.21. The van der Waals surface area contributed by atoms with E-state index in [4.69, 9.17) is 4.74 Å². The Hall–Kier alpha value is -0.830. The highest BCUT2D eigenvalue weighted by Gasteiger charge is 2.10. The SMILES string of the molecule is CC.CC.CC.CC.COC(=O)c1ccccc1Nc1ccc(C)cc1.II. The number of nitrogens with one attached hydrogen (secondary N) is 1. The molecular formula is C23H39I2NO2. The molecule has 0 atom stereocenters. The molecule has 1 N–H and O–H groups in total. The summed E-state index contributed by atoms with van der Waals surface area (Å²) < 4.78 is 4.75. The van der Waals surface area contributed by atoms with Crippen molar-refractivity contribution in [2.45, 2.75) is 62.3 Å². The van der Waals surface area contributed by atoms with Crippen LogP contribution in [0.2, 0.25) is 0 Å². The van der Waals surface area contributed by atoms with Gasteiger partial charge in [0.25, 0.3) is 0 Å². The molecule has 0 aliphatic heterocycles. The minimum Gasteiger partial charge on any atom is -0.465 e. The molecule has 3 nitrogen and oxygen atoms in total. The van der Waals surface area contributed by atoms with Gasteiger partial charge in [-0.1, -0.05) is 85.2 Å². The zero-order valence-corrected chi connectivity index (χ0v) is 23.5. The maximum atomic E-state index is 11.6. The largest absolute Gasteiger partial charge is 0.465 e. The molecule has 0 heterocycles. The summed E-state index contributed by atoms with van der Waals surface area (Å²) in [6.07, 6.45) is 0. The molecule has 0 aliphatic rings. The molecule has 0 unspecified atom stereocenters. The van der Waals surface area contributed by atoms with Gasteiger partial charge in [-0.2, -0.15) is 0 Å². The monoisotopic (exact) mass is 615 g/mol. The first-order valence-corrected chi connectivity index (χ1v) is 16.1. The van der Waals surface area contributed by atoms with Gasteiger partial charge in [0.1, 0.15) is 0 Å². The van der Waals surface area contributed by atoms with Crippen LogP contribution in [-0.2, 0) is 4.74 Å². The van der Waals surface area contributed by atoms with E-state index in [2.05, 4.69) is 42.5 Å². The number of hydrogen-bond acceptors (Lipinski definition) is 3. The average molecular weight is 615 g/mol. The third-order valence-electron chi connectivity index (χ3n) is 2.66. The van der Waals surface area contributed by atoms with Crippen molar-refractivity contribution < 1.29 is 9.53 Å². The summed E-state index contributed by atoms with van der Waals surface area (Å²) in [4.78, 5) is 11.6. The van der Waals surface area contributed by atoms with Crippen LogP contribution in [0.4, 0.5) is 11.4 Å². The normalized spacial score (nSPS) is 7.43. The first-order valence-electron chi connectivity index (χ1n) is 9.86. The minimum atomic E-state index is -0.342. The number of esters is 1. The fourth-order valence-corrected chi connectivity index (χ4v) is 1.67. The van der Waals surface area contributed by atoms with Gasteiger partial charge in [-0.3, -0.25) is 0 Å². The molecule has 2 aromatic rings. The molecule has 0 spiro atoms. The Labute approximate surface area is 197 Å². The van der Waals surface area contributed by atoms with Crippen LogP contribution in [0, 0.1) is 6.92 Å². The van der Waals surface area contributed by atoms with Crippen molar-refractivity contribution in [2.75, 3.05) is 12.4 Å². The predicted molar refractivity (Wildman–Crippen MR) is 146 cm³/mol. The number of para-hydroxylation sites is 1. The van der Waals surface area contributed by atoms with Crippen molar-refractivity contribution in [3.63, 3.8) is 0 Å². The number of hydrogen-bond donors (Lipinski definition) is 1. The number of carbonyl (C=O) groups is 1. The number of ether oxygens (including phenoxy) is 1. The Morgan fingerprint density at radius 1 is 0.786 bits per heavy atom. The second kappa shape index (κ2) is 28.4. The highest BCUT2D eigenvalue weighted by molar-refractivity contribution is 15.0. The van der Waals surface area contributed by atoms with E-state index in [0.717, 1.165) is 11.4 Å². The number of benzene rings is 2. The van der Waals surface area contributed by atoms with Crippen LogP contribution < -0.4 is 5.32 Å². The van der Waals surface area contributed by atoms with Gasteiger partial charge in [-0.15, -0.1) is 0 Å². The van der Waals surface area contributed by atoms with E-state index in [0.29, 0.717) is 5.56 Å². The van der Waals surface area contributed by atoms with Crippen LogP contribution in [0.5, 0.6) is 0 Å². The number of aryl methyl sites for hydroxylation is 1. The number of carbonyl (C=O) groups excluding carboxylic acids is 1. The van der Waals surface area contributed by atoms with Crippen LogP contribution in [0.25, 0.3) is 0 Å². The molecule has 0 aromatic heterocycles. The van der Waals surface area contributed by atoms with E-state index in [-0.39, 0.29) is 5.97 Å². The van der Waals surface area contributed by atoms with Crippen molar-refractivity contribution in [3.8, 4) is 0 Å². The fourth-order valence-electron chi connectivity index (χ4n) is 1.67. The lowest BCUT2D eigenvalue weighted by Crippen LogP contribution is -2.05. The van der Waals surface area contributed by atoms with Gasteiger partial charge < -0.3 is 10.1 Å². The first kappa shape index (κ1) is 34.7. The highest BCUT2D eigenvalue weighted by Crippen LogP contribution is 2.21. The molecule has 0 aliphatic carbocycles. The van der Waals surface area contributed by atoms with Crippen LogP contribution in [-0.4, -0.2) is 13.1 Å². The number of halogens is 2. The van der Waals surface area contributed by atoms with Crippen LogP contribution >= 0.6 is 37.2 Å². The number of methoxy groups -OCH3 is 1. The van der Waals surface area contributed by atoms with E-state index in [1.54, 1.807) is 6.07 Å². The second-order valence-electron chi connectivity index (χ2n) is 4.03. The van der Waals surface area contributed by atoms with Crippen molar-refractivity contribution >= 4 is 54.6 Å². The molecule has 0 amide bonds. The Morgan fingerprint density at radius 3 is 1.64 bits per heavy atom. The predicted octanol–water partition coefficient (Wildman–Crippen LogP) is 9.40.